The van der Waals surface area contributed by atoms with Gasteiger partial charge in [-0.25, -0.2) is 0 Å². The fraction of sp³-hybridized carbons (Fsp3) is 0.0500. The molecule has 0 aliphatic rings. The predicted octanol–water partition coefficient (Wildman–Crippen LogP) is 5.37. The molecule has 0 atom stereocenters. The Morgan fingerprint density at radius 1 is 1.08 bits per heavy atom. The molecule has 4 nitrogen and oxygen atoms in total. The van der Waals surface area contributed by atoms with Gasteiger partial charge < -0.3 is 14.5 Å². The Bertz CT molecular complexity index is 897. The van der Waals surface area contributed by atoms with Crippen LogP contribution in [0.4, 0.5) is 5.69 Å². The van der Waals surface area contributed by atoms with Crippen molar-refractivity contribution < 1.29 is 13.9 Å². The molecule has 1 amide bonds. The minimum absolute atomic E-state index is 0.258. The van der Waals surface area contributed by atoms with E-state index < -0.39 is 0 Å². The van der Waals surface area contributed by atoms with E-state index in [0.29, 0.717) is 17.2 Å². The van der Waals surface area contributed by atoms with Crippen LogP contribution in [0, 0.1) is 0 Å². The number of hydrogen-bond donors (Lipinski definition) is 1. The summed E-state index contributed by atoms with van der Waals surface area (Å²) in [5.41, 5.74) is 1.59. The highest BCUT2D eigenvalue weighted by Gasteiger charge is 2.06. The third-order valence-corrected chi connectivity index (χ3v) is 4.05. The first-order valence-corrected chi connectivity index (χ1v) is 8.43. The summed E-state index contributed by atoms with van der Waals surface area (Å²) in [5.74, 6) is 1.70. The summed E-state index contributed by atoms with van der Waals surface area (Å²) in [6, 6.07) is 18.8. The molecule has 0 fully saturated rings. The Labute approximate surface area is 154 Å². The normalized spacial score (nSPS) is 10.8. The van der Waals surface area contributed by atoms with Gasteiger partial charge in [-0.05, 0) is 42.5 Å². The molecule has 0 saturated carbocycles. The van der Waals surface area contributed by atoms with Gasteiger partial charge in [0, 0.05) is 16.1 Å². The summed E-state index contributed by atoms with van der Waals surface area (Å²) in [4.78, 5) is 12.1. The summed E-state index contributed by atoms with van der Waals surface area (Å²) in [7, 11) is 1.56. The number of carbonyl (C=O) groups is 1. The maximum Gasteiger partial charge on any atom is 0.248 e. The van der Waals surface area contributed by atoms with Gasteiger partial charge in [0.1, 0.15) is 17.3 Å². The molecule has 1 N–H and O–H groups in total. The molecule has 2 aromatic carbocycles. The predicted molar refractivity (Wildman–Crippen MR) is 103 cm³/mol. The maximum absolute atomic E-state index is 12.1. The van der Waals surface area contributed by atoms with Gasteiger partial charge in [-0.15, -0.1) is 0 Å². The topological polar surface area (TPSA) is 51.5 Å². The highest BCUT2D eigenvalue weighted by Crippen LogP contribution is 2.25. The monoisotopic (exact) mass is 397 g/mol. The number of hydrogen-bond acceptors (Lipinski definition) is 3. The van der Waals surface area contributed by atoms with E-state index in [2.05, 4.69) is 21.2 Å². The molecule has 5 heteroatoms. The molecule has 1 heterocycles. The van der Waals surface area contributed by atoms with Crippen LogP contribution in [0.15, 0.2) is 75.6 Å². The molecular formula is C20H16BrNO3. The van der Waals surface area contributed by atoms with Crippen molar-refractivity contribution in [2.45, 2.75) is 0 Å². The summed E-state index contributed by atoms with van der Waals surface area (Å²) in [6.07, 6.45) is 3.06. The van der Waals surface area contributed by atoms with Crippen molar-refractivity contribution in [1.82, 2.24) is 0 Å². The van der Waals surface area contributed by atoms with E-state index in [1.807, 2.05) is 48.5 Å². The molecule has 25 heavy (non-hydrogen) atoms. The van der Waals surface area contributed by atoms with Crippen molar-refractivity contribution in [2.24, 2.45) is 0 Å². The lowest BCUT2D eigenvalue weighted by molar-refractivity contribution is -0.111. The van der Waals surface area contributed by atoms with E-state index >= 15 is 0 Å². The van der Waals surface area contributed by atoms with Crippen LogP contribution in [0.25, 0.3) is 17.4 Å². The van der Waals surface area contributed by atoms with E-state index in [1.165, 1.54) is 6.08 Å². The molecule has 0 bridgehead atoms. The Kier molecular flexibility index (Phi) is 5.36. The standard InChI is InChI=1S/C20H16BrNO3/c1-24-19-5-3-2-4-17(19)22-20(23)13-11-16-10-12-18(25-16)14-6-8-15(21)9-7-14/h2-13H,1H3,(H,22,23)/b13-11+. The number of anilines is 1. The van der Waals surface area contributed by atoms with Gasteiger partial charge in [0.05, 0.1) is 12.8 Å². The van der Waals surface area contributed by atoms with Crippen LogP contribution in [0.3, 0.4) is 0 Å². The fourth-order valence-electron chi connectivity index (χ4n) is 2.29. The summed E-state index contributed by atoms with van der Waals surface area (Å²) < 4.78 is 12.0. The quantitative estimate of drug-likeness (QED) is 0.588. The zero-order valence-corrected chi connectivity index (χ0v) is 15.1. The van der Waals surface area contributed by atoms with Crippen molar-refractivity contribution in [2.75, 3.05) is 12.4 Å². The van der Waals surface area contributed by atoms with Gasteiger partial charge in [0.2, 0.25) is 5.91 Å². The summed E-state index contributed by atoms with van der Waals surface area (Å²) in [5, 5.41) is 2.78. The number of rotatable bonds is 5. The minimum Gasteiger partial charge on any atom is -0.495 e. The highest BCUT2D eigenvalue weighted by atomic mass is 79.9. The molecule has 0 aliphatic heterocycles. The lowest BCUT2D eigenvalue weighted by Gasteiger charge is -2.07. The van der Waals surface area contributed by atoms with Crippen LogP contribution in [0.5, 0.6) is 5.75 Å². The maximum atomic E-state index is 12.1. The number of amides is 1. The first-order chi connectivity index (χ1) is 12.2. The molecule has 0 saturated heterocycles. The van der Waals surface area contributed by atoms with Crippen LogP contribution in [0.1, 0.15) is 5.76 Å². The van der Waals surface area contributed by atoms with E-state index in [0.717, 1.165) is 15.8 Å². The zero-order chi connectivity index (χ0) is 17.6. The first-order valence-electron chi connectivity index (χ1n) is 7.63. The second-order valence-electron chi connectivity index (χ2n) is 5.23. The number of methoxy groups -OCH3 is 1. The molecule has 1 aromatic heterocycles. The Morgan fingerprint density at radius 2 is 1.84 bits per heavy atom. The number of para-hydroxylation sites is 2. The van der Waals surface area contributed by atoms with Crippen LogP contribution in [-0.2, 0) is 4.79 Å². The van der Waals surface area contributed by atoms with Crippen LogP contribution in [-0.4, -0.2) is 13.0 Å². The molecule has 3 rings (SSSR count). The average Bonchev–Trinajstić information content (AvgIpc) is 3.10. The Hall–Kier alpha value is -2.79. The van der Waals surface area contributed by atoms with Crippen LogP contribution in [0.2, 0.25) is 0 Å². The fourth-order valence-corrected chi connectivity index (χ4v) is 2.56. The van der Waals surface area contributed by atoms with Crippen molar-refractivity contribution in [3.05, 3.63) is 77.0 Å². The van der Waals surface area contributed by atoms with Gasteiger partial charge in [-0.1, -0.05) is 40.2 Å². The number of carbonyl (C=O) groups excluding carboxylic acids is 1. The van der Waals surface area contributed by atoms with Crippen molar-refractivity contribution in [3.8, 4) is 17.1 Å². The Morgan fingerprint density at radius 3 is 2.60 bits per heavy atom. The Balaban J connectivity index is 1.68. The molecule has 126 valence electrons. The van der Waals surface area contributed by atoms with E-state index in [4.69, 9.17) is 9.15 Å². The molecule has 0 unspecified atom stereocenters. The average molecular weight is 398 g/mol. The number of halogens is 1. The number of furan rings is 1. The van der Waals surface area contributed by atoms with Crippen molar-refractivity contribution in [3.63, 3.8) is 0 Å². The van der Waals surface area contributed by atoms with Gasteiger partial charge in [-0.2, -0.15) is 0 Å². The molecule has 0 radical (unpaired) electrons. The molecular weight excluding hydrogens is 382 g/mol. The molecule has 3 aromatic rings. The highest BCUT2D eigenvalue weighted by molar-refractivity contribution is 9.10. The zero-order valence-electron chi connectivity index (χ0n) is 13.5. The van der Waals surface area contributed by atoms with Gasteiger partial charge >= 0.3 is 0 Å². The minimum atomic E-state index is -0.258. The van der Waals surface area contributed by atoms with Gasteiger partial charge in [0.15, 0.2) is 0 Å². The van der Waals surface area contributed by atoms with Crippen molar-refractivity contribution >= 4 is 33.6 Å². The summed E-state index contributed by atoms with van der Waals surface area (Å²) in [6.45, 7) is 0. The lowest BCUT2D eigenvalue weighted by Crippen LogP contribution is -2.08. The second kappa shape index (κ2) is 7.85. The first kappa shape index (κ1) is 17.0. The number of benzene rings is 2. The third-order valence-electron chi connectivity index (χ3n) is 3.52. The molecule has 0 aliphatic carbocycles. The van der Waals surface area contributed by atoms with Gasteiger partial charge in [-0.3, -0.25) is 4.79 Å². The summed E-state index contributed by atoms with van der Waals surface area (Å²) >= 11 is 3.41. The largest absolute Gasteiger partial charge is 0.495 e. The SMILES string of the molecule is COc1ccccc1NC(=O)/C=C/c1ccc(-c2ccc(Br)cc2)o1. The van der Waals surface area contributed by atoms with E-state index in [-0.39, 0.29) is 5.91 Å². The lowest BCUT2D eigenvalue weighted by atomic mass is 10.2. The van der Waals surface area contributed by atoms with E-state index in [9.17, 15) is 4.79 Å². The van der Waals surface area contributed by atoms with Gasteiger partial charge in [0.25, 0.3) is 0 Å². The number of nitrogens with one attached hydrogen (secondary N) is 1. The smallest absolute Gasteiger partial charge is 0.248 e. The second-order valence-corrected chi connectivity index (χ2v) is 6.15. The van der Waals surface area contributed by atoms with E-state index in [1.54, 1.807) is 25.3 Å². The van der Waals surface area contributed by atoms with Crippen LogP contribution >= 0.6 is 15.9 Å². The van der Waals surface area contributed by atoms with Crippen LogP contribution < -0.4 is 10.1 Å². The molecule has 0 spiro atoms. The number of ether oxygens (including phenoxy) is 1. The van der Waals surface area contributed by atoms with Crippen molar-refractivity contribution in [1.29, 1.82) is 0 Å². The third kappa shape index (κ3) is 4.39.